The van der Waals surface area contributed by atoms with Crippen LogP contribution in [0.3, 0.4) is 0 Å². The number of anilines is 5. The summed E-state index contributed by atoms with van der Waals surface area (Å²) in [6, 6.07) is 5.38. The van der Waals surface area contributed by atoms with Crippen LogP contribution in [0, 0.1) is 0 Å². The van der Waals surface area contributed by atoms with E-state index in [1.807, 2.05) is 0 Å². The summed E-state index contributed by atoms with van der Waals surface area (Å²) in [5.74, 6) is -18.8. The van der Waals surface area contributed by atoms with Gasteiger partial charge in [0, 0.05) is 6.07 Å². The van der Waals surface area contributed by atoms with Gasteiger partial charge >= 0.3 is 85.1 Å². The first kappa shape index (κ1) is 85.9. The van der Waals surface area contributed by atoms with Gasteiger partial charge in [-0.25, -0.2) is 44.1 Å². The second-order valence-corrected chi connectivity index (χ2v) is 16.2. The number of primary amides is 3. The number of nitrogens with one attached hydrogen (secondary N) is 2. The second-order valence-electron chi connectivity index (χ2n) is 15.8. The Morgan fingerprint density at radius 2 is 0.714 bits per heavy atom. The van der Waals surface area contributed by atoms with Gasteiger partial charge in [-0.3, -0.25) is 28.8 Å². The molecule has 32 nitrogen and oxygen atoms in total. The molecule has 0 unspecified atom stereocenters. The van der Waals surface area contributed by atoms with Gasteiger partial charge < -0.3 is 88.4 Å². The minimum absolute atomic E-state index is 0.0123. The van der Waals surface area contributed by atoms with Crippen molar-refractivity contribution in [1.82, 2.24) is 24.9 Å². The van der Waals surface area contributed by atoms with Crippen LogP contribution in [0.15, 0.2) is 67.4 Å². The number of nitrogen functional groups attached to an aromatic ring is 3. The summed E-state index contributed by atoms with van der Waals surface area (Å²) in [5, 5.41) is 18.8. The molecule has 0 saturated heterocycles. The number of alkyl halides is 21. The first-order valence-electron chi connectivity index (χ1n) is 22.9. The van der Waals surface area contributed by atoms with Gasteiger partial charge in [0.05, 0.1) is 59.4 Å². The number of esters is 2. The Balaban J connectivity index is 0.00000118. The largest absolute Gasteiger partial charge is 0.574 e. The highest BCUT2D eigenvalue weighted by atomic mass is 35.5. The third-order valence-electron chi connectivity index (χ3n) is 8.09. The van der Waals surface area contributed by atoms with Gasteiger partial charge in [0.2, 0.25) is 29.4 Å². The molecule has 54 heteroatoms. The Bertz CT molecular complexity index is 3580. The number of carboxylic acid groups (broad SMARTS) is 2. The number of halogens is 22. The van der Waals surface area contributed by atoms with Crippen molar-refractivity contribution in [2.24, 2.45) is 17.2 Å². The van der Waals surface area contributed by atoms with E-state index in [2.05, 4.69) is 69.7 Å². The fourth-order valence-corrected chi connectivity index (χ4v) is 4.83. The van der Waals surface area contributed by atoms with E-state index in [0.29, 0.717) is 24.5 Å². The molecule has 5 rings (SSSR count). The molecule has 0 aliphatic heterocycles. The lowest BCUT2D eigenvalue weighted by Crippen LogP contribution is -2.29. The van der Waals surface area contributed by atoms with Crippen LogP contribution in [0.25, 0.3) is 0 Å². The molecule has 0 atom stereocenters. The average Bonchev–Trinajstić information content (AvgIpc) is 0.865. The number of rotatable bonds is 14. The van der Waals surface area contributed by atoms with E-state index in [1.54, 1.807) is 10.6 Å². The van der Waals surface area contributed by atoms with Crippen LogP contribution in [0.4, 0.5) is 121 Å². The predicted molar refractivity (Wildman–Crippen MR) is 270 cm³/mol. The molecule has 0 aliphatic carbocycles. The van der Waals surface area contributed by atoms with Crippen molar-refractivity contribution < 1.29 is 184 Å². The van der Waals surface area contributed by atoms with E-state index in [1.165, 1.54) is 6.07 Å². The number of aliphatic carboxylic acids is 1. The zero-order valence-corrected chi connectivity index (χ0v) is 46.9. The topological polar surface area (TPSA) is 520 Å². The van der Waals surface area contributed by atoms with Crippen molar-refractivity contribution >= 4 is 98.7 Å². The first-order chi connectivity index (χ1) is 44.3. The molecule has 0 aromatic carbocycles. The van der Waals surface area contributed by atoms with E-state index in [-0.39, 0.29) is 22.7 Å². The predicted octanol–water partition coefficient (Wildman–Crippen LogP) is 5.57. The molecule has 0 spiro atoms. The molecule has 0 saturated carbocycles. The highest BCUT2D eigenvalue weighted by Crippen LogP contribution is 2.30. The van der Waals surface area contributed by atoms with Crippen molar-refractivity contribution in [2.75, 3.05) is 41.0 Å². The van der Waals surface area contributed by atoms with Crippen LogP contribution in [-0.2, 0) is 38.2 Å². The van der Waals surface area contributed by atoms with Crippen molar-refractivity contribution in [3.05, 3.63) is 89.6 Å². The normalized spacial score (nSPS) is 11.2. The number of aromatic carboxylic acids is 1. The Labute approximate surface area is 528 Å². The zero-order chi connectivity index (χ0) is 76.4. The molecule has 0 bridgehead atoms. The SMILES string of the molecule is NC(=O)c1cc(N)cnc1OC(F)(F)F.NC(=O)c1cc(NC(=O)C(=O)O)cnc1OC(F)(F)F.NC(=O)c1cc(NC(=O)C(=O)OCC(F)(F)F)cnc1OC(F)(F)F.Nc1ccc(OC(F)(F)F)nc1.Nc1cnc(OC(F)(F)F)c(C(=O)O)c1.O=C(Cl)C(=O)OCC(F)(F)F. The molecule has 540 valence electrons. The number of aromatic nitrogens is 5. The van der Waals surface area contributed by atoms with E-state index in [0.717, 1.165) is 36.8 Å². The van der Waals surface area contributed by atoms with Crippen LogP contribution in [-0.4, -0.2) is 151 Å². The highest BCUT2D eigenvalue weighted by Gasteiger charge is 2.38. The lowest BCUT2D eigenvalue weighted by atomic mass is 10.2. The lowest BCUT2D eigenvalue weighted by Gasteiger charge is -2.12. The van der Waals surface area contributed by atoms with Crippen LogP contribution >= 0.6 is 11.6 Å². The quantitative estimate of drug-likeness (QED) is 0.0281. The van der Waals surface area contributed by atoms with Crippen LogP contribution in [0.5, 0.6) is 29.4 Å². The van der Waals surface area contributed by atoms with E-state index in [4.69, 9.17) is 44.6 Å². The number of carboxylic acids is 2. The standard InChI is InChI=1S/C11H7F6N3O5.C9H6F3N3O5.C7H6F3N3O2.C7H5F3N2O3.C6H5F3N2O.C4H2ClF3O3/c12-10(13,14)3-24-9(23)7(22)20-4-1-5(6(18)21)8(19-2-4)25-11(15,16)17;10-9(11,12)20-7-4(5(13)16)1-3(2-14-7)15-6(17)8(18)19;8-7(9,10)15-6-4(5(12)14)1-3(11)2-13-6;8-7(9,10)15-5-4(6(13)14)1-3(11)2-12-5;7-6(8,9)12-5-2-1-4(10)3-11-5;5-2(9)3(10)11-1-4(6,7)8/h1-2H,3H2,(H2,18,21)(H,20,22);1-2H,(H2,13,16)(H,15,17)(H,18,19);1-2H,11H2,(H2,12,14);1-2H,11H2,(H,13,14);1-3H,10H2;1H2. The van der Waals surface area contributed by atoms with Crippen molar-refractivity contribution in [2.45, 2.75) is 44.2 Å². The molecule has 5 heterocycles. The van der Waals surface area contributed by atoms with Gasteiger partial charge in [0.15, 0.2) is 13.2 Å². The fourth-order valence-electron chi connectivity index (χ4n) is 4.78. The number of hydrogen-bond donors (Lipinski definition) is 10. The van der Waals surface area contributed by atoms with Gasteiger partial charge in [-0.2, -0.15) is 26.3 Å². The van der Waals surface area contributed by atoms with Gasteiger partial charge in [-0.1, -0.05) is 0 Å². The monoisotopic (exact) mass is 1480 g/mol. The number of carbonyl (C=O) groups excluding carboxylic acids is 8. The first-order valence-corrected chi connectivity index (χ1v) is 23.3. The van der Waals surface area contributed by atoms with Gasteiger partial charge in [0.25, 0.3) is 17.7 Å². The maximum absolute atomic E-state index is 12.1. The van der Waals surface area contributed by atoms with Crippen LogP contribution in [0.2, 0.25) is 0 Å². The molecule has 5 aromatic rings. The minimum Gasteiger partial charge on any atom is -0.477 e. The number of carbonyl (C=O) groups is 10. The molecule has 0 fully saturated rings. The summed E-state index contributed by atoms with van der Waals surface area (Å²) in [5.41, 5.74) is 26.5. The lowest BCUT2D eigenvalue weighted by molar-refractivity contribution is -0.277. The molecule has 16 N–H and O–H groups in total. The molecular formula is C44H31ClF21N13O19. The summed E-state index contributed by atoms with van der Waals surface area (Å²) >= 11 is 4.48. The van der Waals surface area contributed by atoms with Crippen molar-refractivity contribution in [3.63, 3.8) is 0 Å². The summed E-state index contributed by atoms with van der Waals surface area (Å²) in [4.78, 5) is 122. The van der Waals surface area contributed by atoms with Gasteiger partial charge in [-0.05, 0) is 41.9 Å². The van der Waals surface area contributed by atoms with Crippen LogP contribution < -0.4 is 68.7 Å². The Hall–Kier alpha value is -12.1. The van der Waals surface area contributed by atoms with Crippen molar-refractivity contribution in [3.8, 4) is 29.4 Å². The maximum atomic E-state index is 12.1. The Kier molecular flexibility index (Phi) is 31.5. The number of ether oxygens (including phenoxy) is 7. The Morgan fingerprint density at radius 3 is 1.01 bits per heavy atom. The molecule has 0 aliphatic rings. The highest BCUT2D eigenvalue weighted by molar-refractivity contribution is 6.80. The summed E-state index contributed by atoms with van der Waals surface area (Å²) < 4.78 is 272. The Morgan fingerprint density at radius 1 is 0.408 bits per heavy atom. The summed E-state index contributed by atoms with van der Waals surface area (Å²) in [6.45, 7) is -3.83. The summed E-state index contributed by atoms with van der Waals surface area (Å²) in [6.07, 6.45) is -30.3. The number of hydrogen-bond acceptors (Lipinski definition) is 25. The summed E-state index contributed by atoms with van der Waals surface area (Å²) in [7, 11) is 0. The smallest absolute Gasteiger partial charge is 0.477 e. The van der Waals surface area contributed by atoms with Gasteiger partial charge in [-0.15, -0.1) is 65.9 Å². The zero-order valence-electron chi connectivity index (χ0n) is 46.1. The molecule has 5 aromatic heterocycles. The number of nitrogens with zero attached hydrogens (tertiary/aromatic N) is 5. The number of nitrogens with two attached hydrogens (primary N) is 6. The third-order valence-corrected chi connectivity index (χ3v) is 8.25. The minimum atomic E-state index is -5.19. The molecule has 98 heavy (non-hydrogen) atoms. The van der Waals surface area contributed by atoms with Gasteiger partial charge in [0.1, 0.15) is 22.3 Å². The van der Waals surface area contributed by atoms with Crippen LogP contribution in [0.1, 0.15) is 41.4 Å². The molecule has 0 radical (unpaired) electrons. The van der Waals surface area contributed by atoms with Crippen molar-refractivity contribution in [1.29, 1.82) is 0 Å². The average molecular weight is 1480 g/mol. The number of pyridine rings is 5. The third kappa shape index (κ3) is 38.2. The molecule has 5 amide bonds. The van der Waals surface area contributed by atoms with E-state index < -0.39 is 173 Å². The fraction of sp³-hybridized carbons (Fsp3) is 0.205. The molecular weight excluding hydrogens is 1450 g/mol. The van der Waals surface area contributed by atoms with E-state index in [9.17, 15) is 140 Å². The second kappa shape index (κ2) is 35.9. The van der Waals surface area contributed by atoms with E-state index >= 15 is 0 Å². The number of amides is 5. The maximum Gasteiger partial charge on any atom is 0.574 e.